The molecule has 0 aliphatic heterocycles. The van der Waals surface area contributed by atoms with Gasteiger partial charge in [0.25, 0.3) is 0 Å². The van der Waals surface area contributed by atoms with Gasteiger partial charge in [-0.15, -0.1) is 0 Å². The van der Waals surface area contributed by atoms with Crippen LogP contribution in [0.5, 0.6) is 0 Å². The third-order valence-electron chi connectivity index (χ3n) is 18.3. The van der Waals surface area contributed by atoms with Gasteiger partial charge in [-0.25, -0.2) is 18.3 Å². The van der Waals surface area contributed by atoms with Crippen LogP contribution < -0.4 is 27.4 Å². The van der Waals surface area contributed by atoms with Crippen molar-refractivity contribution < 1.29 is 35.6 Å². The van der Waals surface area contributed by atoms with Crippen LogP contribution in [0.4, 0.5) is 0 Å². The Kier molecular flexibility index (Phi) is 22.7. The molecule has 0 N–H and O–H groups in total. The SMILES string of the molecule is Cc1cc(C)[n+](C)c(-c2ccccc2C)c1.Cc1cc(C)[n+](C)c(-c2ccccc2C)c1.Cc1ccc(-c2ccc(C)c[n+]2C)c(C)c1.Cc1ccccc1-c1c(C)c(C)cc[n+]1C.Cc1ccccc1-c1c(C)c(C)cc[n+]1C.[2H]C([2H])([2H])c1ccc(-c2ccc(C([2H])([2H])[2H])c[n+]2C)c(C)c1. The summed E-state index contributed by atoms with van der Waals surface area (Å²) in [5.41, 5.74) is 36.1. The third-order valence-corrected chi connectivity index (χ3v) is 18.3. The lowest BCUT2D eigenvalue weighted by Gasteiger charge is -2.08. The molecule has 6 aromatic carbocycles. The zero-order valence-corrected chi connectivity index (χ0v) is 61.5. The molecule has 0 saturated heterocycles. The maximum absolute atomic E-state index is 7.45. The number of aryl methyl sites for hydroxylation is 20. The Bertz CT molecular complexity index is 4630. The van der Waals surface area contributed by atoms with Crippen molar-refractivity contribution >= 4 is 0 Å². The second-order valence-corrected chi connectivity index (χ2v) is 26.1. The van der Waals surface area contributed by atoms with Crippen molar-refractivity contribution in [1.82, 2.24) is 0 Å². The lowest BCUT2D eigenvalue weighted by molar-refractivity contribution is -0.666. The quantitative estimate of drug-likeness (QED) is 0.148. The van der Waals surface area contributed by atoms with Gasteiger partial charge in [-0.3, -0.25) is 0 Å². The highest BCUT2D eigenvalue weighted by Crippen LogP contribution is 2.28. The number of benzene rings is 6. The van der Waals surface area contributed by atoms with Gasteiger partial charge in [0.15, 0.2) is 36.2 Å². The molecule has 6 heteroatoms. The average Bonchev–Trinajstić information content (AvgIpc) is 0.821. The van der Waals surface area contributed by atoms with Crippen LogP contribution in [-0.2, 0) is 42.3 Å². The fourth-order valence-electron chi connectivity index (χ4n) is 12.4. The van der Waals surface area contributed by atoms with E-state index in [-0.39, 0.29) is 5.56 Å². The Morgan fingerprint density at radius 2 is 0.562 bits per heavy atom. The first-order valence-corrected chi connectivity index (χ1v) is 33.2. The second kappa shape index (κ2) is 33.6. The van der Waals surface area contributed by atoms with E-state index in [4.69, 9.17) is 8.22 Å². The molecular weight excluding hydrogens is 1170 g/mol. The number of aromatic nitrogens is 6. The van der Waals surface area contributed by atoms with Gasteiger partial charge in [-0.2, -0.15) is 9.13 Å². The molecule has 0 fully saturated rings. The highest BCUT2D eigenvalue weighted by atomic mass is 15.0. The first kappa shape index (κ1) is 64.9. The zero-order valence-electron chi connectivity index (χ0n) is 67.5. The van der Waals surface area contributed by atoms with Gasteiger partial charge in [0.1, 0.15) is 42.3 Å². The molecule has 492 valence electrons. The summed E-state index contributed by atoms with van der Waals surface area (Å²) >= 11 is 0. The molecule has 0 spiro atoms. The Morgan fingerprint density at radius 3 is 0.927 bits per heavy atom. The van der Waals surface area contributed by atoms with Gasteiger partial charge >= 0.3 is 0 Å². The van der Waals surface area contributed by atoms with E-state index in [2.05, 4.69) is 344 Å². The molecule has 6 nitrogen and oxygen atoms in total. The Balaban J connectivity index is 0.000000172. The minimum atomic E-state index is -2.14. The van der Waals surface area contributed by atoms with E-state index in [1.54, 1.807) is 48.1 Å². The van der Waals surface area contributed by atoms with E-state index in [0.717, 1.165) is 16.8 Å². The Labute approximate surface area is 586 Å². The monoisotopic (exact) mass is 1280 g/mol. The molecule has 12 rings (SSSR count). The number of hydrogen-bond donors (Lipinski definition) is 0. The van der Waals surface area contributed by atoms with E-state index >= 15 is 0 Å². The summed E-state index contributed by atoms with van der Waals surface area (Å²) in [5, 5.41) is 0. The maximum atomic E-state index is 7.45. The van der Waals surface area contributed by atoms with Crippen LogP contribution in [0.15, 0.2) is 219 Å². The highest BCUT2D eigenvalue weighted by Gasteiger charge is 2.20. The molecule has 0 amide bonds. The van der Waals surface area contributed by atoms with Gasteiger partial charge in [-0.1, -0.05) is 108 Å². The van der Waals surface area contributed by atoms with Crippen molar-refractivity contribution in [1.29, 1.82) is 0 Å². The summed E-state index contributed by atoms with van der Waals surface area (Å²) in [7, 11) is 12.3. The van der Waals surface area contributed by atoms with Crippen LogP contribution in [0.2, 0.25) is 0 Å². The summed E-state index contributed by atoms with van der Waals surface area (Å²) in [6, 6.07) is 66.7. The van der Waals surface area contributed by atoms with E-state index in [9.17, 15) is 0 Å². The maximum Gasteiger partial charge on any atom is 0.215 e. The largest absolute Gasteiger partial charge is 0.215 e. The van der Waals surface area contributed by atoms with Crippen molar-refractivity contribution in [3.05, 3.63) is 319 Å². The minimum Gasteiger partial charge on any atom is -0.201 e. The molecule has 6 heterocycles. The zero-order chi connectivity index (χ0) is 75.2. The van der Waals surface area contributed by atoms with Crippen molar-refractivity contribution in [3.63, 3.8) is 0 Å². The minimum absolute atomic E-state index is 0.274. The van der Waals surface area contributed by atoms with E-state index in [0.29, 0.717) is 5.56 Å². The second-order valence-electron chi connectivity index (χ2n) is 26.1. The predicted molar refractivity (Wildman–Crippen MR) is 404 cm³/mol. The van der Waals surface area contributed by atoms with Crippen LogP contribution >= 0.6 is 0 Å². The number of pyridine rings is 6. The van der Waals surface area contributed by atoms with Crippen molar-refractivity contribution in [3.8, 4) is 67.5 Å². The number of hydrogen-bond acceptors (Lipinski definition) is 0. The van der Waals surface area contributed by atoms with Crippen LogP contribution in [0.3, 0.4) is 0 Å². The normalized spacial score (nSPS) is 11.7. The van der Waals surface area contributed by atoms with Gasteiger partial charge < -0.3 is 0 Å². The first-order valence-electron chi connectivity index (χ1n) is 36.2. The summed E-state index contributed by atoms with van der Waals surface area (Å²) in [6.45, 7) is 29.9. The Morgan fingerprint density at radius 1 is 0.240 bits per heavy atom. The topological polar surface area (TPSA) is 23.3 Å². The summed E-state index contributed by atoms with van der Waals surface area (Å²) in [6.07, 6.45) is 8.00. The van der Waals surface area contributed by atoms with E-state index in [1.165, 1.54) is 140 Å². The molecule has 0 radical (unpaired) electrons. The molecular formula is C90H108N6+6. The van der Waals surface area contributed by atoms with Crippen LogP contribution in [-0.4, -0.2) is 0 Å². The molecule has 0 saturated carbocycles. The molecule has 0 atom stereocenters. The fourth-order valence-corrected chi connectivity index (χ4v) is 12.4. The lowest BCUT2D eigenvalue weighted by Crippen LogP contribution is -2.34. The fraction of sp³-hybridized carbons (Fsp3) is 0.267. The molecule has 0 bridgehead atoms. The van der Waals surface area contributed by atoms with Gasteiger partial charge in [0, 0.05) is 126 Å². The lowest BCUT2D eigenvalue weighted by atomic mass is 9.99. The summed E-state index contributed by atoms with van der Waals surface area (Å²) in [5.74, 6) is 0. The van der Waals surface area contributed by atoms with Crippen molar-refractivity contribution in [2.24, 2.45) is 42.3 Å². The van der Waals surface area contributed by atoms with Crippen LogP contribution in [0, 0.1) is 124 Å². The first-order chi connectivity index (χ1) is 48.0. The standard InChI is InChI=1S/6C15H18N/c2*1-11-5-7-14(13(3)9-11)15-8-6-12(2)10-16(15)4;2*1-11-9-13(3)16(4)15(10-11)14-8-6-5-7-12(14)2;2*1-11-9-10-16(4)15(13(11)3)14-8-6-5-7-12(14)2/h6*5-10H,1-4H3/q6*+1/i1D3,2D3;;;;;. The average molecular weight is 1280 g/mol. The summed E-state index contributed by atoms with van der Waals surface area (Å²) in [4.78, 5) is 0. The summed E-state index contributed by atoms with van der Waals surface area (Å²) < 4.78 is 57.5. The molecule has 6 aromatic heterocycles. The molecule has 0 aliphatic rings. The van der Waals surface area contributed by atoms with Crippen molar-refractivity contribution in [2.75, 3.05) is 0 Å². The van der Waals surface area contributed by atoms with Crippen molar-refractivity contribution in [2.45, 2.75) is 124 Å². The molecule has 0 unspecified atom stereocenters. The van der Waals surface area contributed by atoms with Gasteiger partial charge in [-0.05, 0) is 215 Å². The molecule has 96 heavy (non-hydrogen) atoms. The van der Waals surface area contributed by atoms with Crippen LogP contribution in [0.25, 0.3) is 67.5 Å². The van der Waals surface area contributed by atoms with Crippen LogP contribution in [0.1, 0.15) is 109 Å². The number of nitrogens with zero attached hydrogens (tertiary/aromatic N) is 6. The Hall–Kier alpha value is -9.78. The van der Waals surface area contributed by atoms with Gasteiger partial charge in [0.05, 0.1) is 0 Å². The number of rotatable bonds is 6. The molecule has 0 aliphatic carbocycles. The van der Waals surface area contributed by atoms with Gasteiger partial charge in [0.2, 0.25) is 34.2 Å². The highest BCUT2D eigenvalue weighted by molar-refractivity contribution is 5.67. The smallest absolute Gasteiger partial charge is 0.201 e. The molecule has 12 aromatic rings. The third kappa shape index (κ3) is 18.8. The van der Waals surface area contributed by atoms with E-state index < -0.39 is 13.7 Å². The van der Waals surface area contributed by atoms with E-state index in [1.807, 2.05) is 6.92 Å². The predicted octanol–water partition coefficient (Wildman–Crippen LogP) is 18.6.